The SMILES string of the molecule is COc1cc(N2CCC(NCOc3ccc4c(c3)CN(C3CCC(=O)NC3=O)C4=O)CC2)ccc1Nc1ncc(Cl)c(Nc2ccccc2P(=O)(OC)OC)n1. The van der Waals surface area contributed by atoms with Gasteiger partial charge < -0.3 is 39.0 Å². The number of para-hydroxylation sites is 1. The number of imide groups is 1. The number of aromatic nitrogens is 2. The van der Waals surface area contributed by atoms with Gasteiger partial charge in [0.2, 0.25) is 17.8 Å². The van der Waals surface area contributed by atoms with E-state index < -0.39 is 19.5 Å². The highest BCUT2D eigenvalue weighted by molar-refractivity contribution is 7.62. The minimum absolute atomic E-state index is 0.212. The molecule has 1 unspecified atom stereocenters. The van der Waals surface area contributed by atoms with E-state index in [1.807, 2.05) is 24.3 Å². The van der Waals surface area contributed by atoms with E-state index >= 15 is 0 Å². The molecule has 3 aromatic carbocycles. The van der Waals surface area contributed by atoms with E-state index in [1.54, 1.807) is 43.5 Å². The molecule has 3 amide bonds. The van der Waals surface area contributed by atoms with Crippen LogP contribution in [0.3, 0.4) is 0 Å². The lowest BCUT2D eigenvalue weighted by Crippen LogP contribution is -2.52. The van der Waals surface area contributed by atoms with E-state index in [1.165, 1.54) is 25.3 Å². The molecule has 4 aromatic rings. The molecule has 2 saturated heterocycles. The molecule has 1 atom stereocenters. The highest BCUT2D eigenvalue weighted by atomic mass is 35.5. The van der Waals surface area contributed by atoms with Gasteiger partial charge in [-0.15, -0.1) is 0 Å². The number of fused-ring (bicyclic) bond motifs is 1. The first-order chi connectivity index (χ1) is 27.1. The van der Waals surface area contributed by atoms with Crippen molar-refractivity contribution in [3.63, 3.8) is 0 Å². The second-order valence-corrected chi connectivity index (χ2v) is 16.0. The number of anilines is 5. The maximum Gasteiger partial charge on any atom is 0.362 e. The standard InChI is InChI=1S/C38H42ClN8O8P/c1-52-32-19-25(8-11-29(32)43-38-40-20-28(39)35(45-38)42-30-6-4-5-7-33(30)56(51,53-2)54-3)46-16-14-24(15-17-46)41-22-55-26-9-10-27-23(18-26)21-47(37(27)50)31-12-13-34(48)44-36(31)49/h4-11,18-20,24,31,41H,12-17,21-22H2,1-3H3,(H,44,48,49)(H2,40,42,43,45). The maximum atomic E-state index is 13.2. The van der Waals surface area contributed by atoms with Gasteiger partial charge in [0, 0.05) is 63.6 Å². The zero-order valence-electron chi connectivity index (χ0n) is 31.0. The third-order valence-electron chi connectivity index (χ3n) is 10.1. The van der Waals surface area contributed by atoms with Crippen LogP contribution < -0.4 is 40.9 Å². The van der Waals surface area contributed by atoms with Gasteiger partial charge in [-0.05, 0) is 67.3 Å². The first-order valence-electron chi connectivity index (χ1n) is 18.0. The lowest BCUT2D eigenvalue weighted by Gasteiger charge is -2.34. The van der Waals surface area contributed by atoms with Crippen LogP contribution in [0, 0.1) is 0 Å². The van der Waals surface area contributed by atoms with Crippen molar-refractivity contribution in [1.82, 2.24) is 25.5 Å². The fraction of sp³-hybridized carbons (Fsp3) is 0.342. The molecular weight excluding hydrogens is 763 g/mol. The van der Waals surface area contributed by atoms with E-state index in [0.717, 1.165) is 37.2 Å². The van der Waals surface area contributed by atoms with Crippen LogP contribution >= 0.6 is 19.2 Å². The first kappa shape index (κ1) is 39.0. The van der Waals surface area contributed by atoms with Gasteiger partial charge in [0.05, 0.1) is 30.0 Å². The molecule has 0 saturated carbocycles. The number of methoxy groups -OCH3 is 1. The largest absolute Gasteiger partial charge is 0.494 e. The van der Waals surface area contributed by atoms with Crippen molar-refractivity contribution in [3.05, 3.63) is 83.0 Å². The average molecular weight is 805 g/mol. The number of halogens is 1. The van der Waals surface area contributed by atoms with Gasteiger partial charge >= 0.3 is 7.60 Å². The summed E-state index contributed by atoms with van der Waals surface area (Å²) in [6.45, 7) is 2.24. The van der Waals surface area contributed by atoms with Gasteiger partial charge in [-0.1, -0.05) is 23.7 Å². The fourth-order valence-electron chi connectivity index (χ4n) is 7.06. The Morgan fingerprint density at radius 2 is 1.73 bits per heavy atom. The van der Waals surface area contributed by atoms with Crippen LogP contribution in [0.25, 0.3) is 0 Å². The van der Waals surface area contributed by atoms with Gasteiger partial charge in [-0.3, -0.25) is 29.6 Å². The number of carbonyl (C=O) groups is 3. The first-order valence-corrected chi connectivity index (χ1v) is 20.0. The monoisotopic (exact) mass is 804 g/mol. The van der Waals surface area contributed by atoms with Crippen LogP contribution in [0.1, 0.15) is 41.6 Å². The molecule has 18 heteroatoms. The number of rotatable bonds is 14. The second kappa shape index (κ2) is 16.9. The van der Waals surface area contributed by atoms with Crippen molar-refractivity contribution >= 4 is 71.1 Å². The van der Waals surface area contributed by atoms with E-state index in [4.69, 9.17) is 30.1 Å². The van der Waals surface area contributed by atoms with E-state index in [9.17, 15) is 18.9 Å². The number of hydrogen-bond donors (Lipinski definition) is 4. The summed E-state index contributed by atoms with van der Waals surface area (Å²) in [5.41, 5.74) is 3.47. The minimum atomic E-state index is -3.57. The summed E-state index contributed by atoms with van der Waals surface area (Å²) in [5, 5.41) is 12.7. The van der Waals surface area contributed by atoms with Gasteiger partial charge in [0.15, 0.2) is 5.82 Å². The number of nitrogens with one attached hydrogen (secondary N) is 4. The van der Waals surface area contributed by atoms with E-state index in [-0.39, 0.29) is 41.1 Å². The molecule has 56 heavy (non-hydrogen) atoms. The molecular formula is C38H42ClN8O8P. The highest BCUT2D eigenvalue weighted by Crippen LogP contribution is 2.47. The molecule has 0 aliphatic carbocycles. The number of hydrogen-bond acceptors (Lipinski definition) is 14. The van der Waals surface area contributed by atoms with Crippen molar-refractivity contribution in [3.8, 4) is 11.5 Å². The van der Waals surface area contributed by atoms with Crippen LogP contribution in [0.15, 0.2) is 66.9 Å². The third-order valence-corrected chi connectivity index (χ3v) is 12.3. The Bertz CT molecular complexity index is 2180. The molecule has 0 radical (unpaired) electrons. The second-order valence-electron chi connectivity index (χ2n) is 13.4. The summed E-state index contributed by atoms with van der Waals surface area (Å²) in [6.07, 6.45) is 3.79. The van der Waals surface area contributed by atoms with Gasteiger partial charge in [0.1, 0.15) is 29.3 Å². The minimum Gasteiger partial charge on any atom is -0.494 e. The Balaban J connectivity index is 0.916. The van der Waals surface area contributed by atoms with Gasteiger partial charge in [0.25, 0.3) is 5.91 Å². The zero-order chi connectivity index (χ0) is 39.4. The summed E-state index contributed by atoms with van der Waals surface area (Å²) in [7, 11) is 0.677. The Kier molecular flexibility index (Phi) is 11.7. The molecule has 16 nitrogen and oxygen atoms in total. The summed E-state index contributed by atoms with van der Waals surface area (Å²) in [5.74, 6) is 0.835. The van der Waals surface area contributed by atoms with E-state index in [2.05, 4.69) is 36.1 Å². The van der Waals surface area contributed by atoms with Gasteiger partial charge in [-0.2, -0.15) is 4.98 Å². The van der Waals surface area contributed by atoms with Crippen LogP contribution in [-0.2, 0) is 29.7 Å². The number of ether oxygens (including phenoxy) is 2. The van der Waals surface area contributed by atoms with Crippen molar-refractivity contribution < 1.29 is 37.5 Å². The molecule has 7 rings (SSSR count). The molecule has 0 bridgehead atoms. The summed E-state index contributed by atoms with van der Waals surface area (Å²) in [4.78, 5) is 49.7. The summed E-state index contributed by atoms with van der Waals surface area (Å²) in [6, 6.07) is 17.7. The van der Waals surface area contributed by atoms with Crippen molar-refractivity contribution in [2.24, 2.45) is 0 Å². The smallest absolute Gasteiger partial charge is 0.362 e. The highest BCUT2D eigenvalue weighted by Gasteiger charge is 2.39. The Hall–Kier alpha value is -5.25. The lowest BCUT2D eigenvalue weighted by atomic mass is 10.0. The number of amides is 3. The third kappa shape index (κ3) is 8.30. The summed E-state index contributed by atoms with van der Waals surface area (Å²) < 4.78 is 35.3. The number of nitrogens with zero attached hydrogens (tertiary/aromatic N) is 4. The van der Waals surface area contributed by atoms with Crippen LogP contribution in [0.5, 0.6) is 11.5 Å². The van der Waals surface area contributed by atoms with Crippen LogP contribution in [-0.4, -0.2) is 85.8 Å². The molecule has 2 fully saturated rings. The number of piperidine rings is 2. The number of benzene rings is 3. The molecule has 294 valence electrons. The molecule has 3 aliphatic heterocycles. The van der Waals surface area contributed by atoms with E-state index in [0.29, 0.717) is 53.4 Å². The molecule has 0 spiro atoms. The zero-order valence-corrected chi connectivity index (χ0v) is 32.7. The predicted molar refractivity (Wildman–Crippen MR) is 211 cm³/mol. The Morgan fingerprint density at radius 1 is 0.946 bits per heavy atom. The Labute approximate surface area is 328 Å². The van der Waals surface area contributed by atoms with Crippen LogP contribution in [0.4, 0.5) is 28.8 Å². The number of carbonyl (C=O) groups excluding carboxylic acids is 3. The molecule has 4 heterocycles. The van der Waals surface area contributed by atoms with Crippen LogP contribution in [0.2, 0.25) is 5.02 Å². The lowest BCUT2D eigenvalue weighted by molar-refractivity contribution is -0.136. The summed E-state index contributed by atoms with van der Waals surface area (Å²) >= 11 is 6.45. The topological polar surface area (TPSA) is 186 Å². The van der Waals surface area contributed by atoms with Gasteiger partial charge in [-0.25, -0.2) is 4.98 Å². The fourth-order valence-corrected chi connectivity index (χ4v) is 8.43. The molecule has 1 aromatic heterocycles. The van der Waals surface area contributed by atoms with Crippen molar-refractivity contribution in [2.45, 2.75) is 44.3 Å². The normalized spacial score (nSPS) is 17.4. The Morgan fingerprint density at radius 3 is 2.48 bits per heavy atom. The molecule has 3 aliphatic rings. The predicted octanol–water partition coefficient (Wildman–Crippen LogP) is 5.09. The maximum absolute atomic E-state index is 13.2. The molecule has 4 N–H and O–H groups in total. The van der Waals surface area contributed by atoms with Crippen molar-refractivity contribution in [1.29, 1.82) is 0 Å². The average Bonchev–Trinajstić information content (AvgIpc) is 3.54. The van der Waals surface area contributed by atoms with Crippen molar-refractivity contribution in [2.75, 3.05) is 56.7 Å². The quantitative estimate of drug-likeness (QED) is 0.0750.